The summed E-state index contributed by atoms with van der Waals surface area (Å²) >= 11 is 0. The average Bonchev–Trinajstić information content (AvgIpc) is 3.09. The predicted molar refractivity (Wildman–Crippen MR) is 215 cm³/mol. The Kier molecular flexibility index (Phi) is 37.0. The van der Waals surface area contributed by atoms with E-state index in [1.807, 2.05) is 0 Å². The molecule has 0 spiro atoms. The van der Waals surface area contributed by atoms with Crippen molar-refractivity contribution < 1.29 is 28.6 Å². The lowest BCUT2D eigenvalue weighted by Crippen LogP contribution is -2.30. The van der Waals surface area contributed by atoms with Crippen LogP contribution in [0.4, 0.5) is 0 Å². The van der Waals surface area contributed by atoms with Gasteiger partial charge in [-0.25, -0.2) is 0 Å². The molecule has 0 radical (unpaired) electrons. The molecule has 0 amide bonds. The maximum absolute atomic E-state index is 12.6. The second kappa shape index (κ2) is 38.1. The first-order chi connectivity index (χ1) is 24.7. The van der Waals surface area contributed by atoms with E-state index in [0.29, 0.717) is 19.3 Å². The second-order valence-corrected chi connectivity index (χ2v) is 16.3. The Bertz CT molecular complexity index is 779. The Morgan fingerprint density at radius 1 is 0.373 bits per heavy atom. The van der Waals surface area contributed by atoms with Gasteiger partial charge in [0.25, 0.3) is 0 Å². The van der Waals surface area contributed by atoms with E-state index in [4.69, 9.17) is 14.2 Å². The van der Waals surface area contributed by atoms with Crippen LogP contribution in [0.5, 0.6) is 0 Å². The summed E-state index contributed by atoms with van der Waals surface area (Å²) < 4.78 is 16.7. The molecule has 0 heterocycles. The third kappa shape index (κ3) is 39.5. The average molecular weight is 723 g/mol. The summed E-state index contributed by atoms with van der Waals surface area (Å²) in [6.45, 7) is 11.2. The van der Waals surface area contributed by atoms with Crippen LogP contribution in [0, 0.1) is 11.8 Å². The maximum Gasteiger partial charge on any atom is 0.306 e. The Hall–Kier alpha value is -1.59. The minimum absolute atomic E-state index is 0.0664. The summed E-state index contributed by atoms with van der Waals surface area (Å²) in [6, 6.07) is 0. The van der Waals surface area contributed by atoms with Crippen molar-refractivity contribution in [2.45, 2.75) is 246 Å². The summed E-state index contributed by atoms with van der Waals surface area (Å²) in [7, 11) is 0. The molecule has 0 aliphatic carbocycles. The van der Waals surface area contributed by atoms with Crippen molar-refractivity contribution >= 4 is 17.9 Å². The van der Waals surface area contributed by atoms with Crippen LogP contribution in [-0.4, -0.2) is 37.2 Å². The highest BCUT2D eigenvalue weighted by Gasteiger charge is 2.19. The molecule has 0 aromatic rings. The Labute approximate surface area is 317 Å². The normalized spacial score (nSPS) is 12.1. The van der Waals surface area contributed by atoms with Crippen LogP contribution in [0.3, 0.4) is 0 Å². The minimum Gasteiger partial charge on any atom is -0.462 e. The monoisotopic (exact) mass is 723 g/mol. The lowest BCUT2D eigenvalue weighted by atomic mass is 10.0. The molecular weight excluding hydrogens is 636 g/mol. The van der Waals surface area contributed by atoms with Gasteiger partial charge in [0.05, 0.1) is 0 Å². The Balaban J connectivity index is 4.30. The molecule has 0 rings (SSSR count). The molecule has 0 fully saturated rings. The standard InChI is InChI=1S/C45H86O6/c1-6-7-8-9-10-11-12-13-14-15-16-19-25-30-35-43(46)49-38-42(51-45(48)37-32-27-22-21-24-29-34-41(4)5)39-50-44(47)36-31-26-20-17-18-23-28-33-40(2)3/h40-42H,6-39H2,1-5H3/t42-/m1/s1. The molecule has 302 valence electrons. The van der Waals surface area contributed by atoms with Gasteiger partial charge in [-0.05, 0) is 31.1 Å². The van der Waals surface area contributed by atoms with Gasteiger partial charge < -0.3 is 14.2 Å². The number of carbonyl (C=O) groups is 3. The molecule has 0 saturated carbocycles. The second-order valence-electron chi connectivity index (χ2n) is 16.3. The fourth-order valence-electron chi connectivity index (χ4n) is 6.58. The molecule has 6 nitrogen and oxygen atoms in total. The fourth-order valence-corrected chi connectivity index (χ4v) is 6.58. The van der Waals surface area contributed by atoms with Crippen LogP contribution in [0.1, 0.15) is 240 Å². The lowest BCUT2D eigenvalue weighted by Gasteiger charge is -2.18. The third-order valence-corrected chi connectivity index (χ3v) is 9.97. The summed E-state index contributed by atoms with van der Waals surface area (Å²) in [5, 5.41) is 0. The SMILES string of the molecule is CCCCCCCCCCCCCCCCC(=O)OC[C@H](COC(=O)CCCCCCCCCC(C)C)OC(=O)CCCCCCCCC(C)C. The first-order valence-electron chi connectivity index (χ1n) is 22.2. The zero-order valence-electron chi connectivity index (χ0n) is 34.7. The largest absolute Gasteiger partial charge is 0.462 e. The van der Waals surface area contributed by atoms with Gasteiger partial charge >= 0.3 is 17.9 Å². The molecule has 0 bridgehead atoms. The topological polar surface area (TPSA) is 78.9 Å². The maximum atomic E-state index is 12.6. The predicted octanol–water partition coefficient (Wildman–Crippen LogP) is 13.8. The molecule has 0 aromatic heterocycles. The first-order valence-corrected chi connectivity index (χ1v) is 22.2. The van der Waals surface area contributed by atoms with Crippen LogP contribution in [0.2, 0.25) is 0 Å². The number of ether oxygens (including phenoxy) is 3. The number of unbranched alkanes of at least 4 members (excludes halogenated alkanes) is 24. The summed E-state index contributed by atoms with van der Waals surface area (Å²) in [6.07, 6.45) is 35.4. The van der Waals surface area contributed by atoms with Gasteiger partial charge in [0.1, 0.15) is 13.2 Å². The summed E-state index contributed by atoms with van der Waals surface area (Å²) in [5.74, 6) is 0.674. The molecule has 0 aliphatic heterocycles. The lowest BCUT2D eigenvalue weighted by molar-refractivity contribution is -0.167. The number of carbonyl (C=O) groups excluding carboxylic acids is 3. The Morgan fingerprint density at radius 2 is 0.647 bits per heavy atom. The zero-order chi connectivity index (χ0) is 37.6. The number of rotatable bonds is 39. The van der Waals surface area contributed by atoms with Crippen LogP contribution < -0.4 is 0 Å². The van der Waals surface area contributed by atoms with E-state index in [1.165, 1.54) is 128 Å². The van der Waals surface area contributed by atoms with Gasteiger partial charge in [-0.15, -0.1) is 0 Å². The summed E-state index contributed by atoms with van der Waals surface area (Å²) in [5.41, 5.74) is 0. The van der Waals surface area contributed by atoms with Gasteiger partial charge in [-0.3, -0.25) is 14.4 Å². The molecule has 0 aromatic carbocycles. The quantitative estimate of drug-likeness (QED) is 0.0357. The molecule has 51 heavy (non-hydrogen) atoms. The Morgan fingerprint density at radius 3 is 0.961 bits per heavy atom. The van der Waals surface area contributed by atoms with E-state index >= 15 is 0 Å². The van der Waals surface area contributed by atoms with Crippen molar-refractivity contribution in [3.8, 4) is 0 Å². The van der Waals surface area contributed by atoms with E-state index in [9.17, 15) is 14.4 Å². The van der Waals surface area contributed by atoms with E-state index in [2.05, 4.69) is 34.6 Å². The van der Waals surface area contributed by atoms with Gasteiger partial charge in [-0.1, -0.05) is 202 Å². The third-order valence-electron chi connectivity index (χ3n) is 9.97. The molecule has 6 heteroatoms. The highest BCUT2D eigenvalue weighted by Crippen LogP contribution is 2.16. The molecule has 0 aliphatic rings. The number of hydrogen-bond donors (Lipinski definition) is 0. The van der Waals surface area contributed by atoms with E-state index in [1.54, 1.807) is 0 Å². The van der Waals surface area contributed by atoms with Crippen molar-refractivity contribution in [2.75, 3.05) is 13.2 Å². The van der Waals surface area contributed by atoms with Gasteiger partial charge in [-0.2, -0.15) is 0 Å². The molecule has 0 saturated heterocycles. The van der Waals surface area contributed by atoms with Crippen molar-refractivity contribution in [1.29, 1.82) is 0 Å². The van der Waals surface area contributed by atoms with Gasteiger partial charge in [0.15, 0.2) is 6.10 Å². The van der Waals surface area contributed by atoms with Gasteiger partial charge in [0.2, 0.25) is 0 Å². The van der Waals surface area contributed by atoms with Crippen LogP contribution >= 0.6 is 0 Å². The molecule has 0 unspecified atom stereocenters. The van der Waals surface area contributed by atoms with Gasteiger partial charge in [0, 0.05) is 19.3 Å². The summed E-state index contributed by atoms with van der Waals surface area (Å²) in [4.78, 5) is 37.6. The minimum atomic E-state index is -0.761. The van der Waals surface area contributed by atoms with Crippen LogP contribution in [0.15, 0.2) is 0 Å². The first kappa shape index (κ1) is 49.4. The molecule has 1 atom stereocenters. The van der Waals surface area contributed by atoms with E-state index in [-0.39, 0.29) is 31.1 Å². The highest BCUT2D eigenvalue weighted by molar-refractivity contribution is 5.71. The van der Waals surface area contributed by atoms with Crippen molar-refractivity contribution in [1.82, 2.24) is 0 Å². The van der Waals surface area contributed by atoms with Crippen LogP contribution in [0.25, 0.3) is 0 Å². The number of hydrogen-bond acceptors (Lipinski definition) is 6. The van der Waals surface area contributed by atoms with Crippen LogP contribution in [-0.2, 0) is 28.6 Å². The van der Waals surface area contributed by atoms with Crippen molar-refractivity contribution in [2.24, 2.45) is 11.8 Å². The van der Waals surface area contributed by atoms with Crippen molar-refractivity contribution in [3.05, 3.63) is 0 Å². The van der Waals surface area contributed by atoms with Crippen molar-refractivity contribution in [3.63, 3.8) is 0 Å². The number of esters is 3. The van der Waals surface area contributed by atoms with E-state index in [0.717, 1.165) is 69.6 Å². The highest BCUT2D eigenvalue weighted by atomic mass is 16.6. The fraction of sp³-hybridized carbons (Fsp3) is 0.933. The zero-order valence-corrected chi connectivity index (χ0v) is 34.7. The smallest absolute Gasteiger partial charge is 0.306 e. The molecular formula is C45H86O6. The molecule has 0 N–H and O–H groups in total. The van der Waals surface area contributed by atoms with E-state index < -0.39 is 6.10 Å².